The zero-order valence-corrected chi connectivity index (χ0v) is 11.3. The van der Waals surface area contributed by atoms with Crippen LogP contribution >= 0.6 is 0 Å². The molecule has 1 aliphatic carbocycles. The van der Waals surface area contributed by atoms with Gasteiger partial charge in [-0.3, -0.25) is 0 Å². The van der Waals surface area contributed by atoms with Gasteiger partial charge in [-0.05, 0) is 51.1 Å². The predicted molar refractivity (Wildman–Crippen MR) is 72.5 cm³/mol. The second-order valence-electron chi connectivity index (χ2n) is 5.92. The lowest BCUT2D eigenvalue weighted by atomic mass is 9.84. The Kier molecular flexibility index (Phi) is 3.59. The fourth-order valence-corrected chi connectivity index (χ4v) is 3.21. The van der Waals surface area contributed by atoms with Crippen LogP contribution in [0, 0.1) is 12.8 Å². The Bertz CT molecular complexity index is 400. The first-order valence-corrected chi connectivity index (χ1v) is 7.33. The van der Waals surface area contributed by atoms with Crippen LogP contribution in [-0.2, 0) is 0 Å². The average Bonchev–Trinajstić information content (AvgIpc) is 2.34. The molecular formula is C15H23N3. The Morgan fingerprint density at radius 1 is 1.28 bits per heavy atom. The van der Waals surface area contributed by atoms with Crippen molar-refractivity contribution in [3.63, 3.8) is 0 Å². The standard InChI is InChI=1S/C15H23N3/c1-12-16-8-7-15(17-12)14-6-3-9-18(11-14)10-13-4-2-5-13/h7-8,13-14H,2-6,9-11H2,1H3/t14-/m0/s1. The van der Waals surface area contributed by atoms with Crippen LogP contribution in [0.5, 0.6) is 0 Å². The van der Waals surface area contributed by atoms with Gasteiger partial charge in [0, 0.05) is 30.9 Å². The number of nitrogens with zero attached hydrogens (tertiary/aromatic N) is 3. The summed E-state index contributed by atoms with van der Waals surface area (Å²) in [5.74, 6) is 2.51. The van der Waals surface area contributed by atoms with E-state index in [-0.39, 0.29) is 0 Å². The largest absolute Gasteiger partial charge is 0.302 e. The number of aromatic nitrogens is 2. The number of rotatable bonds is 3. The Hall–Kier alpha value is -0.960. The molecule has 1 saturated heterocycles. The van der Waals surface area contributed by atoms with Gasteiger partial charge in [0.15, 0.2) is 0 Å². The van der Waals surface area contributed by atoms with Gasteiger partial charge in [0.2, 0.25) is 0 Å². The summed E-state index contributed by atoms with van der Waals surface area (Å²) in [6.45, 7) is 5.79. The fraction of sp³-hybridized carbons (Fsp3) is 0.733. The molecule has 3 rings (SSSR count). The van der Waals surface area contributed by atoms with Gasteiger partial charge in [0.05, 0.1) is 0 Å². The smallest absolute Gasteiger partial charge is 0.125 e. The first kappa shape index (κ1) is 12.1. The van der Waals surface area contributed by atoms with E-state index in [0.717, 1.165) is 11.7 Å². The molecule has 0 radical (unpaired) electrons. The van der Waals surface area contributed by atoms with Gasteiger partial charge in [0.25, 0.3) is 0 Å². The Labute approximate surface area is 110 Å². The molecule has 0 aromatic carbocycles. The summed E-state index contributed by atoms with van der Waals surface area (Å²) in [7, 11) is 0. The van der Waals surface area contributed by atoms with Crippen molar-refractivity contribution in [1.29, 1.82) is 0 Å². The number of hydrogen-bond donors (Lipinski definition) is 0. The van der Waals surface area contributed by atoms with Crippen molar-refractivity contribution in [2.24, 2.45) is 5.92 Å². The van der Waals surface area contributed by atoms with Crippen LogP contribution in [0.3, 0.4) is 0 Å². The van der Waals surface area contributed by atoms with Crippen molar-refractivity contribution in [2.45, 2.75) is 44.9 Å². The van der Waals surface area contributed by atoms with Gasteiger partial charge in [-0.2, -0.15) is 0 Å². The van der Waals surface area contributed by atoms with E-state index < -0.39 is 0 Å². The molecule has 1 aromatic heterocycles. The maximum Gasteiger partial charge on any atom is 0.125 e. The normalized spacial score (nSPS) is 25.9. The molecule has 0 amide bonds. The van der Waals surface area contributed by atoms with E-state index in [1.54, 1.807) is 0 Å². The van der Waals surface area contributed by atoms with E-state index in [1.165, 1.54) is 57.4 Å². The summed E-state index contributed by atoms with van der Waals surface area (Å²) in [6.07, 6.45) is 8.87. The summed E-state index contributed by atoms with van der Waals surface area (Å²) in [5, 5.41) is 0. The molecule has 0 spiro atoms. The summed E-state index contributed by atoms with van der Waals surface area (Å²) < 4.78 is 0. The zero-order chi connectivity index (χ0) is 12.4. The molecule has 1 atom stereocenters. The minimum Gasteiger partial charge on any atom is -0.302 e. The minimum atomic E-state index is 0.625. The van der Waals surface area contributed by atoms with Crippen molar-refractivity contribution in [3.8, 4) is 0 Å². The van der Waals surface area contributed by atoms with Gasteiger partial charge < -0.3 is 4.90 Å². The van der Waals surface area contributed by atoms with E-state index in [2.05, 4.69) is 20.9 Å². The van der Waals surface area contributed by atoms with Crippen LogP contribution < -0.4 is 0 Å². The highest BCUT2D eigenvalue weighted by Gasteiger charge is 2.26. The molecular weight excluding hydrogens is 222 g/mol. The van der Waals surface area contributed by atoms with Gasteiger partial charge in [-0.1, -0.05) is 6.42 Å². The number of hydrogen-bond acceptors (Lipinski definition) is 3. The van der Waals surface area contributed by atoms with Crippen LogP contribution in [0.15, 0.2) is 12.3 Å². The summed E-state index contributed by atoms with van der Waals surface area (Å²) in [5.41, 5.74) is 1.25. The van der Waals surface area contributed by atoms with Crippen LogP contribution in [0.4, 0.5) is 0 Å². The van der Waals surface area contributed by atoms with E-state index in [1.807, 2.05) is 13.1 Å². The number of aryl methyl sites for hydroxylation is 1. The van der Waals surface area contributed by atoms with Crippen molar-refractivity contribution in [3.05, 3.63) is 23.8 Å². The third-order valence-electron chi connectivity index (χ3n) is 4.46. The van der Waals surface area contributed by atoms with E-state index >= 15 is 0 Å². The van der Waals surface area contributed by atoms with Crippen LogP contribution in [-0.4, -0.2) is 34.5 Å². The van der Waals surface area contributed by atoms with Crippen LogP contribution in [0.2, 0.25) is 0 Å². The summed E-state index contributed by atoms with van der Waals surface area (Å²) in [4.78, 5) is 11.5. The maximum absolute atomic E-state index is 4.61. The van der Waals surface area contributed by atoms with Gasteiger partial charge >= 0.3 is 0 Å². The molecule has 2 heterocycles. The summed E-state index contributed by atoms with van der Waals surface area (Å²) in [6, 6.07) is 2.10. The number of piperidine rings is 1. The first-order valence-electron chi connectivity index (χ1n) is 7.33. The second-order valence-corrected chi connectivity index (χ2v) is 5.92. The monoisotopic (exact) mass is 245 g/mol. The highest BCUT2D eigenvalue weighted by atomic mass is 15.1. The Morgan fingerprint density at radius 2 is 2.17 bits per heavy atom. The van der Waals surface area contributed by atoms with Gasteiger partial charge in [-0.25, -0.2) is 9.97 Å². The molecule has 3 heteroatoms. The Balaban J connectivity index is 1.62. The predicted octanol–water partition coefficient (Wildman–Crippen LogP) is 2.76. The highest BCUT2D eigenvalue weighted by molar-refractivity contribution is 5.10. The van der Waals surface area contributed by atoms with Crippen LogP contribution in [0.1, 0.15) is 49.5 Å². The Morgan fingerprint density at radius 3 is 2.89 bits per heavy atom. The first-order chi connectivity index (χ1) is 8.81. The molecule has 98 valence electrons. The lowest BCUT2D eigenvalue weighted by molar-refractivity contribution is 0.143. The summed E-state index contributed by atoms with van der Waals surface area (Å²) >= 11 is 0. The number of likely N-dealkylation sites (tertiary alicyclic amines) is 1. The zero-order valence-electron chi connectivity index (χ0n) is 11.3. The molecule has 0 bridgehead atoms. The molecule has 0 unspecified atom stereocenters. The lowest BCUT2D eigenvalue weighted by Gasteiger charge is -2.37. The van der Waals surface area contributed by atoms with E-state index in [9.17, 15) is 0 Å². The van der Waals surface area contributed by atoms with Crippen molar-refractivity contribution >= 4 is 0 Å². The SMILES string of the molecule is Cc1nccc([C@H]2CCCN(CC3CCC3)C2)n1. The molecule has 3 nitrogen and oxygen atoms in total. The van der Waals surface area contributed by atoms with Gasteiger partial charge in [0.1, 0.15) is 5.82 Å². The molecule has 1 aromatic rings. The van der Waals surface area contributed by atoms with Crippen molar-refractivity contribution in [1.82, 2.24) is 14.9 Å². The maximum atomic E-state index is 4.61. The molecule has 18 heavy (non-hydrogen) atoms. The van der Waals surface area contributed by atoms with Crippen LogP contribution in [0.25, 0.3) is 0 Å². The molecule has 1 aliphatic heterocycles. The van der Waals surface area contributed by atoms with Crippen molar-refractivity contribution < 1.29 is 0 Å². The fourth-order valence-electron chi connectivity index (χ4n) is 3.21. The van der Waals surface area contributed by atoms with E-state index in [4.69, 9.17) is 0 Å². The molecule has 1 saturated carbocycles. The van der Waals surface area contributed by atoms with Crippen molar-refractivity contribution in [2.75, 3.05) is 19.6 Å². The molecule has 2 aliphatic rings. The molecule has 2 fully saturated rings. The lowest BCUT2D eigenvalue weighted by Crippen LogP contribution is -2.39. The van der Waals surface area contributed by atoms with E-state index in [0.29, 0.717) is 5.92 Å². The highest BCUT2D eigenvalue weighted by Crippen LogP contribution is 2.30. The van der Waals surface area contributed by atoms with Gasteiger partial charge in [-0.15, -0.1) is 0 Å². The third kappa shape index (κ3) is 2.72. The topological polar surface area (TPSA) is 29.0 Å². The third-order valence-corrected chi connectivity index (χ3v) is 4.46. The second kappa shape index (κ2) is 5.35. The minimum absolute atomic E-state index is 0.625. The quantitative estimate of drug-likeness (QED) is 0.820. The molecule has 0 N–H and O–H groups in total. The average molecular weight is 245 g/mol.